The van der Waals surface area contributed by atoms with Crippen LogP contribution in [-0.2, 0) is 22.4 Å². The van der Waals surface area contributed by atoms with Crippen LogP contribution in [0.2, 0.25) is 0 Å². The SMILES string of the molecule is Cc1ccc(CCNC(=O)[C@H](CCCN)N(C)C(=O)[C@@H](N)CCc2ccccc2)cc1. The number of nitrogens with one attached hydrogen (secondary N) is 1. The first kappa shape index (κ1) is 24.6. The molecule has 2 atom stereocenters. The summed E-state index contributed by atoms with van der Waals surface area (Å²) in [5.41, 5.74) is 15.3. The van der Waals surface area contributed by atoms with E-state index in [-0.39, 0.29) is 11.8 Å². The van der Waals surface area contributed by atoms with Gasteiger partial charge in [-0.3, -0.25) is 9.59 Å². The van der Waals surface area contributed by atoms with E-state index in [0.717, 1.165) is 24.0 Å². The monoisotopic (exact) mass is 424 g/mol. The molecule has 0 unspecified atom stereocenters. The van der Waals surface area contributed by atoms with Gasteiger partial charge in [-0.1, -0.05) is 60.2 Å². The molecule has 0 bridgehead atoms. The first-order valence-corrected chi connectivity index (χ1v) is 11.0. The fraction of sp³-hybridized carbons (Fsp3) is 0.440. The summed E-state index contributed by atoms with van der Waals surface area (Å²) in [6.07, 6.45) is 3.17. The molecule has 6 heteroatoms. The van der Waals surface area contributed by atoms with Gasteiger partial charge in [0.15, 0.2) is 0 Å². The van der Waals surface area contributed by atoms with Gasteiger partial charge in [0.2, 0.25) is 11.8 Å². The van der Waals surface area contributed by atoms with Crippen molar-refractivity contribution in [1.82, 2.24) is 10.2 Å². The largest absolute Gasteiger partial charge is 0.354 e. The first-order valence-electron chi connectivity index (χ1n) is 11.0. The molecule has 0 fully saturated rings. The smallest absolute Gasteiger partial charge is 0.242 e. The molecular weight excluding hydrogens is 388 g/mol. The lowest BCUT2D eigenvalue weighted by molar-refractivity contribution is -0.140. The van der Waals surface area contributed by atoms with Crippen LogP contribution in [0.1, 0.15) is 36.0 Å². The Morgan fingerprint density at radius 1 is 0.968 bits per heavy atom. The molecule has 0 heterocycles. The molecule has 5 N–H and O–H groups in total. The van der Waals surface area contributed by atoms with E-state index >= 15 is 0 Å². The topological polar surface area (TPSA) is 101 Å². The second-order valence-corrected chi connectivity index (χ2v) is 8.05. The zero-order valence-corrected chi connectivity index (χ0v) is 18.7. The van der Waals surface area contributed by atoms with Crippen LogP contribution in [0.4, 0.5) is 0 Å². The van der Waals surface area contributed by atoms with Crippen molar-refractivity contribution in [3.05, 3.63) is 71.3 Å². The molecule has 0 aliphatic carbocycles. The van der Waals surface area contributed by atoms with Crippen molar-refractivity contribution in [2.75, 3.05) is 20.1 Å². The normalized spacial score (nSPS) is 12.8. The average molecular weight is 425 g/mol. The van der Waals surface area contributed by atoms with E-state index in [1.165, 1.54) is 10.5 Å². The predicted octanol–water partition coefficient (Wildman–Crippen LogP) is 2.18. The van der Waals surface area contributed by atoms with Crippen LogP contribution in [-0.4, -0.2) is 48.9 Å². The molecule has 2 aromatic carbocycles. The van der Waals surface area contributed by atoms with E-state index < -0.39 is 12.1 Å². The number of carbonyl (C=O) groups excluding carboxylic acids is 2. The Morgan fingerprint density at radius 2 is 1.61 bits per heavy atom. The summed E-state index contributed by atoms with van der Waals surface area (Å²) in [5, 5.41) is 2.97. The highest BCUT2D eigenvalue weighted by atomic mass is 16.2. The number of hydrogen-bond donors (Lipinski definition) is 3. The molecule has 0 saturated carbocycles. The summed E-state index contributed by atoms with van der Waals surface area (Å²) < 4.78 is 0. The molecule has 0 aliphatic heterocycles. The Kier molecular flexibility index (Phi) is 10.2. The van der Waals surface area contributed by atoms with E-state index in [0.29, 0.717) is 32.4 Å². The number of aryl methyl sites for hydroxylation is 2. The van der Waals surface area contributed by atoms with Crippen molar-refractivity contribution in [3.8, 4) is 0 Å². The Balaban J connectivity index is 1.90. The van der Waals surface area contributed by atoms with E-state index in [1.54, 1.807) is 7.05 Å². The molecule has 0 aromatic heterocycles. The number of nitrogens with zero attached hydrogens (tertiary/aromatic N) is 1. The summed E-state index contributed by atoms with van der Waals surface area (Å²) >= 11 is 0. The second-order valence-electron chi connectivity index (χ2n) is 8.05. The Morgan fingerprint density at radius 3 is 2.26 bits per heavy atom. The van der Waals surface area contributed by atoms with Gasteiger partial charge in [-0.15, -0.1) is 0 Å². The van der Waals surface area contributed by atoms with Crippen LogP contribution in [0.5, 0.6) is 0 Å². The van der Waals surface area contributed by atoms with Gasteiger partial charge in [-0.25, -0.2) is 0 Å². The highest BCUT2D eigenvalue weighted by Crippen LogP contribution is 2.11. The average Bonchev–Trinajstić information content (AvgIpc) is 2.79. The number of amides is 2. The summed E-state index contributed by atoms with van der Waals surface area (Å²) in [4.78, 5) is 27.2. The first-order chi connectivity index (χ1) is 14.9. The second kappa shape index (κ2) is 12.9. The van der Waals surface area contributed by atoms with Crippen LogP contribution in [0.3, 0.4) is 0 Å². The summed E-state index contributed by atoms with van der Waals surface area (Å²) in [7, 11) is 1.66. The van der Waals surface area contributed by atoms with Crippen molar-refractivity contribution in [1.29, 1.82) is 0 Å². The van der Waals surface area contributed by atoms with Gasteiger partial charge < -0.3 is 21.7 Å². The van der Waals surface area contributed by atoms with E-state index in [9.17, 15) is 9.59 Å². The van der Waals surface area contributed by atoms with Crippen LogP contribution in [0, 0.1) is 6.92 Å². The molecule has 0 spiro atoms. The number of rotatable bonds is 12. The van der Waals surface area contributed by atoms with Crippen molar-refractivity contribution in [2.24, 2.45) is 11.5 Å². The molecule has 2 aromatic rings. The van der Waals surface area contributed by atoms with E-state index in [2.05, 4.69) is 29.6 Å². The fourth-order valence-electron chi connectivity index (χ4n) is 3.52. The van der Waals surface area contributed by atoms with Crippen molar-refractivity contribution < 1.29 is 9.59 Å². The number of carbonyl (C=O) groups is 2. The van der Waals surface area contributed by atoms with Crippen LogP contribution in [0.15, 0.2) is 54.6 Å². The summed E-state index contributed by atoms with van der Waals surface area (Å²) in [6, 6.07) is 17.0. The lowest BCUT2D eigenvalue weighted by Gasteiger charge is -2.29. The van der Waals surface area contributed by atoms with Gasteiger partial charge in [0.1, 0.15) is 6.04 Å². The van der Waals surface area contributed by atoms with Gasteiger partial charge in [0.05, 0.1) is 6.04 Å². The third-order valence-corrected chi connectivity index (χ3v) is 5.54. The van der Waals surface area contributed by atoms with Crippen LogP contribution >= 0.6 is 0 Å². The molecule has 0 aliphatic rings. The Hall–Kier alpha value is -2.70. The predicted molar refractivity (Wildman–Crippen MR) is 125 cm³/mol. The van der Waals surface area contributed by atoms with Gasteiger partial charge in [0.25, 0.3) is 0 Å². The molecular formula is C25H36N4O2. The van der Waals surface area contributed by atoms with Crippen molar-refractivity contribution in [2.45, 2.75) is 51.1 Å². The zero-order chi connectivity index (χ0) is 22.6. The minimum Gasteiger partial charge on any atom is -0.354 e. The number of hydrogen-bond acceptors (Lipinski definition) is 4. The van der Waals surface area contributed by atoms with Crippen molar-refractivity contribution >= 4 is 11.8 Å². The summed E-state index contributed by atoms with van der Waals surface area (Å²) in [6.45, 7) is 3.03. The minimum atomic E-state index is -0.647. The van der Waals surface area contributed by atoms with Gasteiger partial charge in [-0.05, 0) is 56.7 Å². The number of likely N-dealkylation sites (N-methyl/N-ethyl adjacent to an activating group) is 1. The number of nitrogens with two attached hydrogens (primary N) is 2. The van der Waals surface area contributed by atoms with Gasteiger partial charge in [0, 0.05) is 13.6 Å². The Labute approximate surface area is 186 Å². The van der Waals surface area contributed by atoms with Crippen LogP contribution in [0.25, 0.3) is 0 Å². The van der Waals surface area contributed by atoms with Crippen LogP contribution < -0.4 is 16.8 Å². The standard InChI is InChI=1S/C25H36N4O2/c1-19-10-12-21(13-11-19)16-18-28-24(30)23(9-6-17-26)29(2)25(31)22(27)15-14-20-7-4-3-5-8-20/h3-5,7-8,10-13,22-23H,6,9,14-18,26-27H2,1-2H3,(H,28,30)/t22-,23-/m0/s1. The molecule has 6 nitrogen and oxygen atoms in total. The maximum atomic E-state index is 12.9. The maximum absolute atomic E-state index is 12.9. The Bertz CT molecular complexity index is 808. The third kappa shape index (κ3) is 8.15. The zero-order valence-electron chi connectivity index (χ0n) is 18.7. The lowest BCUT2D eigenvalue weighted by atomic mass is 10.0. The van der Waals surface area contributed by atoms with Gasteiger partial charge >= 0.3 is 0 Å². The fourth-order valence-corrected chi connectivity index (χ4v) is 3.52. The molecule has 31 heavy (non-hydrogen) atoms. The summed E-state index contributed by atoms with van der Waals surface area (Å²) in [5.74, 6) is -0.377. The van der Waals surface area contributed by atoms with Crippen molar-refractivity contribution in [3.63, 3.8) is 0 Å². The highest BCUT2D eigenvalue weighted by Gasteiger charge is 2.29. The minimum absolute atomic E-state index is 0.160. The maximum Gasteiger partial charge on any atom is 0.242 e. The quantitative estimate of drug-likeness (QED) is 0.486. The molecule has 168 valence electrons. The highest BCUT2D eigenvalue weighted by molar-refractivity contribution is 5.89. The molecule has 2 rings (SSSR count). The number of benzene rings is 2. The van der Waals surface area contributed by atoms with E-state index in [1.807, 2.05) is 37.3 Å². The third-order valence-electron chi connectivity index (χ3n) is 5.54. The lowest BCUT2D eigenvalue weighted by Crippen LogP contribution is -2.52. The van der Waals surface area contributed by atoms with Gasteiger partial charge in [-0.2, -0.15) is 0 Å². The van der Waals surface area contributed by atoms with E-state index in [4.69, 9.17) is 11.5 Å². The molecule has 0 saturated heterocycles. The molecule has 2 amide bonds. The molecule has 0 radical (unpaired) electrons.